The number of carbonyl (C=O) groups excluding carboxylic acids is 2. The smallest absolute Gasteiger partial charge is 0.303 e. The summed E-state index contributed by atoms with van der Waals surface area (Å²) in [5.74, 6) is -2.15. The lowest BCUT2D eigenvalue weighted by Gasteiger charge is -2.41. The molecule has 4 saturated heterocycles. The molecular weight excluding hydrogens is 484 g/mol. The first-order chi connectivity index (χ1) is 17.7. The maximum Gasteiger partial charge on any atom is 0.303 e. The molecule has 0 aromatic heterocycles. The van der Waals surface area contributed by atoms with Crippen molar-refractivity contribution < 1.29 is 29.4 Å². The minimum absolute atomic E-state index is 0.0314. The van der Waals surface area contributed by atoms with Gasteiger partial charge in [0.25, 0.3) is 0 Å². The first-order valence-corrected chi connectivity index (χ1v) is 13.2. The van der Waals surface area contributed by atoms with Crippen LogP contribution in [0.4, 0.5) is 0 Å². The van der Waals surface area contributed by atoms with Gasteiger partial charge in [0.2, 0.25) is 11.8 Å². The molecule has 4 heterocycles. The molecule has 0 aromatic rings. The molecule has 3 unspecified atom stereocenters. The number of fused-ring (bicyclic) bond motifs is 3. The van der Waals surface area contributed by atoms with Crippen LogP contribution in [-0.4, -0.2) is 132 Å². The molecule has 208 valence electrons. The van der Waals surface area contributed by atoms with E-state index in [1.807, 2.05) is 0 Å². The van der Waals surface area contributed by atoms with Crippen molar-refractivity contribution in [1.82, 2.24) is 41.3 Å². The molecule has 14 nitrogen and oxygen atoms in total. The molecule has 0 aliphatic carbocycles. The van der Waals surface area contributed by atoms with E-state index in [0.29, 0.717) is 58.8 Å². The number of hydrogen-bond acceptors (Lipinski definition) is 10. The Morgan fingerprint density at radius 2 is 1.30 bits per heavy atom. The second kappa shape index (κ2) is 12.0. The number of amides is 2. The first-order valence-electron chi connectivity index (χ1n) is 13.2. The second-order valence-electron chi connectivity index (χ2n) is 10.5. The first kappa shape index (κ1) is 27.7. The third-order valence-electron chi connectivity index (χ3n) is 7.57. The monoisotopic (exact) mass is 524 g/mol. The zero-order valence-electron chi connectivity index (χ0n) is 21.3. The Labute approximate surface area is 216 Å². The molecular formula is C23H40N8O6. The van der Waals surface area contributed by atoms with E-state index in [-0.39, 0.29) is 50.2 Å². The number of carbonyl (C=O) groups is 4. The second-order valence-corrected chi connectivity index (χ2v) is 10.5. The highest BCUT2D eigenvalue weighted by Gasteiger charge is 2.59. The van der Waals surface area contributed by atoms with E-state index >= 15 is 0 Å². The minimum Gasteiger partial charge on any atom is -0.481 e. The number of rotatable bonds is 10. The normalized spacial score (nSPS) is 35.1. The van der Waals surface area contributed by atoms with Crippen LogP contribution in [0.5, 0.6) is 0 Å². The van der Waals surface area contributed by atoms with Crippen LogP contribution in [0.25, 0.3) is 0 Å². The van der Waals surface area contributed by atoms with Crippen LogP contribution < -0.4 is 26.6 Å². The molecule has 4 fully saturated rings. The van der Waals surface area contributed by atoms with E-state index in [1.54, 1.807) is 0 Å². The topological polar surface area (TPSA) is 179 Å². The Morgan fingerprint density at radius 3 is 1.84 bits per heavy atom. The van der Waals surface area contributed by atoms with Crippen LogP contribution in [0.2, 0.25) is 0 Å². The predicted molar refractivity (Wildman–Crippen MR) is 132 cm³/mol. The summed E-state index contributed by atoms with van der Waals surface area (Å²) in [5, 5.41) is 34.7. The lowest BCUT2D eigenvalue weighted by Crippen LogP contribution is -2.70. The average Bonchev–Trinajstić information content (AvgIpc) is 3.23. The predicted octanol–water partition coefficient (Wildman–Crippen LogP) is -2.87. The van der Waals surface area contributed by atoms with Crippen molar-refractivity contribution >= 4 is 23.8 Å². The standard InChI is InChI=1S/C23H40N8O6/c32-17(3-1-5-19(34)35)27-22-13-24-7-10-29-15-23(28-18(33)4-2-6-20(36)37)16-30(11-8-25-14-22)21(29)31(23)12-9-26-22/h21,24-26H,1-16H2,(H,27,32)(H,28,33)(H,34,35)(H,36,37). The molecule has 0 radical (unpaired) electrons. The Kier molecular flexibility index (Phi) is 8.98. The van der Waals surface area contributed by atoms with Gasteiger partial charge in [-0.3, -0.25) is 34.3 Å². The highest BCUT2D eigenvalue weighted by Crippen LogP contribution is 2.38. The van der Waals surface area contributed by atoms with Crippen molar-refractivity contribution in [1.29, 1.82) is 0 Å². The van der Waals surface area contributed by atoms with Gasteiger partial charge >= 0.3 is 11.9 Å². The van der Waals surface area contributed by atoms with Crippen molar-refractivity contribution in [3.05, 3.63) is 0 Å². The molecule has 3 atom stereocenters. The fourth-order valence-corrected chi connectivity index (χ4v) is 6.02. The zero-order valence-corrected chi connectivity index (χ0v) is 21.3. The van der Waals surface area contributed by atoms with Crippen LogP contribution in [0, 0.1) is 0 Å². The fraction of sp³-hybridized carbons (Fsp3) is 0.826. The molecule has 4 aliphatic heterocycles. The highest BCUT2D eigenvalue weighted by atomic mass is 16.4. The molecule has 0 saturated carbocycles. The molecule has 2 amide bonds. The largest absolute Gasteiger partial charge is 0.481 e. The van der Waals surface area contributed by atoms with E-state index in [2.05, 4.69) is 41.3 Å². The van der Waals surface area contributed by atoms with Crippen LogP contribution in [0.3, 0.4) is 0 Å². The van der Waals surface area contributed by atoms with Gasteiger partial charge in [0.05, 0.1) is 0 Å². The van der Waals surface area contributed by atoms with Crippen LogP contribution in [0.1, 0.15) is 38.5 Å². The maximum atomic E-state index is 12.9. The van der Waals surface area contributed by atoms with E-state index < -0.39 is 23.3 Å². The fourth-order valence-electron chi connectivity index (χ4n) is 6.02. The van der Waals surface area contributed by atoms with Crippen LogP contribution in [0.15, 0.2) is 0 Å². The average molecular weight is 525 g/mol. The summed E-state index contributed by atoms with van der Waals surface area (Å²) in [6, 6.07) is 0. The Hall–Kier alpha value is -2.36. The molecule has 4 rings (SSSR count). The van der Waals surface area contributed by atoms with E-state index in [0.717, 1.165) is 13.1 Å². The van der Waals surface area contributed by atoms with Gasteiger partial charge in [0.1, 0.15) is 17.6 Å². The van der Waals surface area contributed by atoms with E-state index in [1.165, 1.54) is 0 Å². The number of carboxylic acid groups (broad SMARTS) is 2. The number of nitrogens with one attached hydrogen (secondary N) is 5. The highest BCUT2D eigenvalue weighted by molar-refractivity contribution is 5.78. The summed E-state index contributed by atoms with van der Waals surface area (Å²) in [6.45, 7) is 6.54. The van der Waals surface area contributed by atoms with Crippen LogP contribution >= 0.6 is 0 Å². The summed E-state index contributed by atoms with van der Waals surface area (Å²) in [5.41, 5.74) is -1.30. The summed E-state index contributed by atoms with van der Waals surface area (Å²) >= 11 is 0. The van der Waals surface area contributed by atoms with Crippen molar-refractivity contribution in [2.24, 2.45) is 0 Å². The number of carboxylic acids is 2. The third kappa shape index (κ3) is 6.75. The summed E-state index contributed by atoms with van der Waals surface area (Å²) in [7, 11) is 0. The Balaban J connectivity index is 1.48. The van der Waals surface area contributed by atoms with Gasteiger partial charge < -0.3 is 31.5 Å². The molecule has 4 aliphatic rings. The Bertz CT molecular complexity index is 850. The Morgan fingerprint density at radius 1 is 0.757 bits per heavy atom. The third-order valence-corrected chi connectivity index (χ3v) is 7.57. The van der Waals surface area contributed by atoms with Crippen molar-refractivity contribution in [2.45, 2.75) is 56.1 Å². The maximum absolute atomic E-state index is 12.9. The summed E-state index contributed by atoms with van der Waals surface area (Å²) in [4.78, 5) is 54.4. The van der Waals surface area contributed by atoms with Gasteiger partial charge in [-0.15, -0.1) is 0 Å². The van der Waals surface area contributed by atoms with Crippen molar-refractivity contribution in [3.63, 3.8) is 0 Å². The molecule has 0 spiro atoms. The lowest BCUT2D eigenvalue weighted by molar-refractivity contribution is -0.138. The molecule has 14 heteroatoms. The van der Waals surface area contributed by atoms with Crippen LogP contribution in [-0.2, 0) is 19.2 Å². The van der Waals surface area contributed by atoms with E-state index in [4.69, 9.17) is 10.2 Å². The van der Waals surface area contributed by atoms with Crippen molar-refractivity contribution in [2.75, 3.05) is 65.4 Å². The van der Waals surface area contributed by atoms with Gasteiger partial charge in [-0.25, -0.2) is 4.90 Å². The molecule has 6 bridgehead atoms. The summed E-state index contributed by atoms with van der Waals surface area (Å²) in [6.07, 6.45) is 0.867. The number of aliphatic carboxylic acids is 2. The molecule has 37 heavy (non-hydrogen) atoms. The minimum atomic E-state index is -0.914. The zero-order chi connectivity index (χ0) is 26.5. The quantitative estimate of drug-likeness (QED) is 0.156. The molecule has 0 aromatic carbocycles. The van der Waals surface area contributed by atoms with Gasteiger partial charge in [-0.05, 0) is 12.8 Å². The number of hydrogen-bond donors (Lipinski definition) is 7. The van der Waals surface area contributed by atoms with Gasteiger partial charge in [0.15, 0.2) is 0 Å². The summed E-state index contributed by atoms with van der Waals surface area (Å²) < 4.78 is 0. The van der Waals surface area contributed by atoms with Gasteiger partial charge in [-0.1, -0.05) is 0 Å². The molecule has 7 N–H and O–H groups in total. The van der Waals surface area contributed by atoms with Gasteiger partial charge in [0, 0.05) is 91.1 Å². The number of nitrogens with zero attached hydrogens (tertiary/aromatic N) is 3. The SMILES string of the molecule is O=C(O)CCCC(=O)NC12CNCCN3CC4(NC(=O)CCCC(=O)O)CN(CCNC1)C3N4CCN2. The van der Waals surface area contributed by atoms with Crippen molar-refractivity contribution in [3.8, 4) is 0 Å². The lowest BCUT2D eigenvalue weighted by atomic mass is 10.1. The van der Waals surface area contributed by atoms with E-state index in [9.17, 15) is 19.2 Å². The van der Waals surface area contributed by atoms with Gasteiger partial charge in [-0.2, -0.15) is 0 Å².